The summed E-state index contributed by atoms with van der Waals surface area (Å²) in [6.45, 7) is 1.84. The Morgan fingerprint density at radius 1 is 0.929 bits per heavy atom. The van der Waals surface area contributed by atoms with Gasteiger partial charge in [-0.3, -0.25) is 9.97 Å². The number of ether oxygens (including phenoxy) is 2. The lowest BCUT2D eigenvalue weighted by Gasteiger charge is -2.14. The van der Waals surface area contributed by atoms with Crippen molar-refractivity contribution in [3.63, 3.8) is 0 Å². The summed E-state index contributed by atoms with van der Waals surface area (Å²) < 4.78 is 11.3. The third-order valence-corrected chi connectivity index (χ3v) is 4.32. The fourth-order valence-electron chi connectivity index (χ4n) is 2.81. The molecule has 5 heteroatoms. The number of nitrogens with zero attached hydrogens (tertiary/aromatic N) is 2. The van der Waals surface area contributed by atoms with E-state index < -0.39 is 12.1 Å². The van der Waals surface area contributed by atoms with Crippen LogP contribution in [0.3, 0.4) is 0 Å². The lowest BCUT2D eigenvalue weighted by atomic mass is 10.1. The quantitative estimate of drug-likeness (QED) is 0.444. The summed E-state index contributed by atoms with van der Waals surface area (Å²) in [5.41, 5.74) is 2.22. The van der Waals surface area contributed by atoms with Gasteiger partial charge in [-0.25, -0.2) is 4.79 Å². The van der Waals surface area contributed by atoms with Crippen molar-refractivity contribution in [2.45, 2.75) is 13.0 Å². The number of pyridine rings is 2. The summed E-state index contributed by atoms with van der Waals surface area (Å²) in [5, 5.41) is 1.01. The molecular formula is C23H18N2O3. The third-order valence-electron chi connectivity index (χ3n) is 4.32. The number of hydrogen-bond donors (Lipinski definition) is 0. The van der Waals surface area contributed by atoms with Gasteiger partial charge < -0.3 is 9.47 Å². The molecule has 4 aromatic rings. The van der Waals surface area contributed by atoms with E-state index in [9.17, 15) is 4.79 Å². The highest BCUT2D eigenvalue weighted by molar-refractivity contribution is 5.89. The van der Waals surface area contributed by atoms with Crippen LogP contribution in [-0.4, -0.2) is 15.9 Å². The molecule has 138 valence electrons. The molecular weight excluding hydrogens is 352 g/mol. The summed E-state index contributed by atoms with van der Waals surface area (Å²) in [7, 11) is 0. The summed E-state index contributed by atoms with van der Waals surface area (Å²) in [5.74, 6) is 0.861. The highest BCUT2D eigenvalue weighted by Crippen LogP contribution is 2.24. The highest BCUT2D eigenvalue weighted by atomic mass is 16.5. The molecule has 1 unspecified atom stereocenters. The normalized spacial score (nSPS) is 11.8. The van der Waals surface area contributed by atoms with Crippen LogP contribution in [0, 0.1) is 0 Å². The Morgan fingerprint density at radius 3 is 2.54 bits per heavy atom. The monoisotopic (exact) mass is 370 g/mol. The van der Waals surface area contributed by atoms with Crippen LogP contribution in [-0.2, 0) is 4.74 Å². The first-order chi connectivity index (χ1) is 13.7. The van der Waals surface area contributed by atoms with Gasteiger partial charge in [-0.05, 0) is 55.5 Å². The Bertz CT molecular complexity index is 1100. The van der Waals surface area contributed by atoms with Crippen LogP contribution in [0.25, 0.3) is 10.9 Å². The Kier molecular flexibility index (Phi) is 4.97. The molecule has 0 saturated heterocycles. The molecule has 0 N–H and O–H groups in total. The minimum absolute atomic E-state index is 0.395. The zero-order chi connectivity index (χ0) is 19.3. The van der Waals surface area contributed by atoms with Crippen molar-refractivity contribution in [1.29, 1.82) is 0 Å². The molecule has 4 rings (SSSR count). The minimum atomic E-state index is -0.407. The molecule has 0 aliphatic carbocycles. The van der Waals surface area contributed by atoms with Gasteiger partial charge >= 0.3 is 5.97 Å². The van der Waals surface area contributed by atoms with E-state index in [0.717, 1.165) is 16.5 Å². The molecule has 0 aliphatic heterocycles. The van der Waals surface area contributed by atoms with Crippen LogP contribution in [0.4, 0.5) is 0 Å². The average molecular weight is 370 g/mol. The lowest BCUT2D eigenvalue weighted by molar-refractivity contribution is 0.0337. The number of carbonyl (C=O) groups is 1. The average Bonchev–Trinajstić information content (AvgIpc) is 2.74. The number of carbonyl (C=O) groups excluding carboxylic acids is 1. The number of esters is 1. The molecule has 0 fully saturated rings. The molecule has 2 aromatic heterocycles. The maximum atomic E-state index is 12.5. The molecule has 1 atom stereocenters. The Hall–Kier alpha value is -3.73. The maximum Gasteiger partial charge on any atom is 0.338 e. The van der Waals surface area contributed by atoms with Crippen molar-refractivity contribution < 1.29 is 14.3 Å². The van der Waals surface area contributed by atoms with Crippen molar-refractivity contribution in [3.8, 4) is 11.5 Å². The Balaban J connectivity index is 1.43. The van der Waals surface area contributed by atoms with Gasteiger partial charge in [-0.2, -0.15) is 0 Å². The van der Waals surface area contributed by atoms with Crippen LogP contribution in [0.15, 0.2) is 85.3 Å². The van der Waals surface area contributed by atoms with Gasteiger partial charge in [-0.15, -0.1) is 0 Å². The van der Waals surface area contributed by atoms with Gasteiger partial charge in [0.25, 0.3) is 0 Å². The first-order valence-corrected chi connectivity index (χ1v) is 8.93. The standard InChI is InChI=1S/C23H18N2O3/c1-16(19-13-18-5-2-3-7-22(18)25-14-19)27-23(26)17-8-10-20(11-9-17)28-21-6-4-12-24-15-21/h2-16H,1H3. The topological polar surface area (TPSA) is 61.3 Å². The van der Waals surface area contributed by atoms with Crippen LogP contribution >= 0.6 is 0 Å². The number of hydrogen-bond acceptors (Lipinski definition) is 5. The fourth-order valence-corrected chi connectivity index (χ4v) is 2.81. The van der Waals surface area contributed by atoms with Crippen LogP contribution < -0.4 is 4.74 Å². The number of aromatic nitrogens is 2. The van der Waals surface area contributed by atoms with Gasteiger partial charge in [0.05, 0.1) is 17.3 Å². The molecule has 28 heavy (non-hydrogen) atoms. The second-order valence-electron chi connectivity index (χ2n) is 6.32. The van der Waals surface area contributed by atoms with E-state index in [1.54, 1.807) is 48.9 Å². The Morgan fingerprint density at radius 2 is 1.75 bits per heavy atom. The largest absolute Gasteiger partial charge is 0.456 e. The SMILES string of the molecule is CC(OC(=O)c1ccc(Oc2cccnc2)cc1)c1cnc2ccccc2c1. The van der Waals surface area contributed by atoms with Gasteiger partial charge in [0.2, 0.25) is 0 Å². The summed E-state index contributed by atoms with van der Waals surface area (Å²) >= 11 is 0. The first kappa shape index (κ1) is 17.7. The zero-order valence-electron chi connectivity index (χ0n) is 15.3. The van der Waals surface area contributed by atoms with Crippen LogP contribution in [0.2, 0.25) is 0 Å². The van der Waals surface area contributed by atoms with Crippen molar-refractivity contribution in [2.75, 3.05) is 0 Å². The second kappa shape index (κ2) is 7.88. The van der Waals surface area contributed by atoms with Crippen molar-refractivity contribution >= 4 is 16.9 Å². The van der Waals surface area contributed by atoms with Gasteiger partial charge in [0.15, 0.2) is 0 Å². The van der Waals surface area contributed by atoms with Crippen molar-refractivity contribution in [2.24, 2.45) is 0 Å². The molecule has 0 radical (unpaired) electrons. The first-order valence-electron chi connectivity index (χ1n) is 8.93. The number of fused-ring (bicyclic) bond motifs is 1. The van der Waals surface area contributed by atoms with E-state index in [4.69, 9.17) is 9.47 Å². The second-order valence-corrected chi connectivity index (χ2v) is 6.32. The Labute approximate surface area is 162 Å². The molecule has 0 spiro atoms. The maximum absolute atomic E-state index is 12.5. The molecule has 5 nitrogen and oxygen atoms in total. The number of para-hydroxylation sites is 1. The van der Waals surface area contributed by atoms with Crippen molar-refractivity contribution in [3.05, 3.63) is 96.4 Å². The molecule has 2 heterocycles. The minimum Gasteiger partial charge on any atom is -0.456 e. The predicted molar refractivity (Wildman–Crippen MR) is 106 cm³/mol. The summed E-state index contributed by atoms with van der Waals surface area (Å²) in [6.07, 6.45) is 4.64. The number of rotatable bonds is 5. The predicted octanol–water partition coefficient (Wildman–Crippen LogP) is 5.34. The van der Waals surface area contributed by atoms with E-state index in [-0.39, 0.29) is 0 Å². The summed E-state index contributed by atoms with van der Waals surface area (Å²) in [4.78, 5) is 20.9. The van der Waals surface area contributed by atoms with Gasteiger partial charge in [0, 0.05) is 23.3 Å². The van der Waals surface area contributed by atoms with Crippen molar-refractivity contribution in [1.82, 2.24) is 9.97 Å². The number of benzene rings is 2. The smallest absolute Gasteiger partial charge is 0.338 e. The van der Waals surface area contributed by atoms with E-state index in [0.29, 0.717) is 17.1 Å². The molecule has 2 aromatic carbocycles. The molecule has 0 amide bonds. The highest BCUT2D eigenvalue weighted by Gasteiger charge is 2.15. The zero-order valence-corrected chi connectivity index (χ0v) is 15.3. The lowest BCUT2D eigenvalue weighted by Crippen LogP contribution is -2.09. The fraction of sp³-hybridized carbons (Fsp3) is 0.0870. The van der Waals surface area contributed by atoms with E-state index in [2.05, 4.69) is 9.97 Å². The summed E-state index contributed by atoms with van der Waals surface area (Å²) in [6, 6.07) is 20.3. The third kappa shape index (κ3) is 3.99. The van der Waals surface area contributed by atoms with E-state index in [1.165, 1.54) is 0 Å². The molecule has 0 saturated carbocycles. The molecule has 0 aliphatic rings. The van der Waals surface area contributed by atoms with E-state index in [1.807, 2.05) is 43.3 Å². The van der Waals surface area contributed by atoms with Gasteiger partial charge in [0.1, 0.15) is 17.6 Å². The molecule has 0 bridgehead atoms. The van der Waals surface area contributed by atoms with Crippen LogP contribution in [0.5, 0.6) is 11.5 Å². The van der Waals surface area contributed by atoms with E-state index >= 15 is 0 Å². The van der Waals surface area contributed by atoms with Gasteiger partial charge in [-0.1, -0.05) is 18.2 Å². The van der Waals surface area contributed by atoms with Crippen LogP contribution in [0.1, 0.15) is 28.9 Å².